The largest absolute Gasteiger partial charge is 0.493 e. The number of nitrogens with one attached hydrogen (secondary N) is 1. The first kappa shape index (κ1) is 25.1. The van der Waals surface area contributed by atoms with Crippen LogP contribution in [-0.4, -0.2) is 54.1 Å². The predicted octanol–water partition coefficient (Wildman–Crippen LogP) is 3.53. The Morgan fingerprint density at radius 3 is 2.65 bits per heavy atom. The van der Waals surface area contributed by atoms with Crippen LogP contribution >= 0.6 is 11.6 Å². The maximum absolute atomic E-state index is 13.6. The first-order valence-electron chi connectivity index (χ1n) is 11.4. The van der Waals surface area contributed by atoms with Gasteiger partial charge in [-0.15, -0.1) is 11.6 Å². The number of amides is 1. The Morgan fingerprint density at radius 1 is 1.19 bits per heavy atom. The number of non-ortho nitro benzene ring substituents is 1. The number of nitro groups is 1. The Balaban J connectivity index is 1.49. The van der Waals surface area contributed by atoms with Gasteiger partial charge >= 0.3 is 0 Å². The van der Waals surface area contributed by atoms with Gasteiger partial charge in [0.25, 0.3) is 11.6 Å². The summed E-state index contributed by atoms with van der Waals surface area (Å²) in [6, 6.07) is 13.7. The number of hydrogen-bond acceptors (Lipinski definition) is 6. The van der Waals surface area contributed by atoms with Crippen LogP contribution in [0.2, 0.25) is 0 Å². The average Bonchev–Trinajstić information content (AvgIpc) is 3.18. The van der Waals surface area contributed by atoms with E-state index < -0.39 is 15.6 Å². The lowest BCUT2D eigenvalue weighted by Crippen LogP contribution is -2.39. The minimum absolute atomic E-state index is 0.0402. The van der Waals surface area contributed by atoms with Crippen LogP contribution in [0.25, 0.3) is 0 Å². The number of ether oxygens (including phenoxy) is 2. The first-order valence-corrected chi connectivity index (χ1v) is 11.8. The quantitative estimate of drug-likeness (QED) is 0.237. The van der Waals surface area contributed by atoms with E-state index in [0.29, 0.717) is 17.8 Å². The van der Waals surface area contributed by atoms with Crippen LogP contribution < -0.4 is 19.7 Å². The third-order valence-electron chi connectivity index (χ3n) is 6.53. The fourth-order valence-electron chi connectivity index (χ4n) is 4.72. The maximum Gasteiger partial charge on any atom is 0.270 e. The van der Waals surface area contributed by atoms with Gasteiger partial charge in [-0.1, -0.05) is 24.3 Å². The molecule has 37 heavy (non-hydrogen) atoms. The van der Waals surface area contributed by atoms with Crippen LogP contribution in [0.1, 0.15) is 33.1 Å². The minimum atomic E-state index is -1.85. The van der Waals surface area contributed by atoms with Crippen LogP contribution in [0.5, 0.6) is 11.5 Å². The van der Waals surface area contributed by atoms with Crippen molar-refractivity contribution in [3.8, 4) is 11.5 Å². The molecule has 6 radical (unpaired) electrons. The molecule has 0 fully saturated rings. The molecule has 8 nitrogen and oxygen atoms in total. The topological polar surface area (TPSA) is 93.9 Å². The van der Waals surface area contributed by atoms with E-state index in [9.17, 15) is 14.9 Å². The zero-order valence-electron chi connectivity index (χ0n) is 19.8. The molecule has 0 saturated heterocycles. The summed E-state index contributed by atoms with van der Waals surface area (Å²) < 4.78 is 9.62. The second kappa shape index (κ2) is 9.37. The molecule has 0 spiro atoms. The smallest absolute Gasteiger partial charge is 0.270 e. The molecule has 2 atom stereocenters. The zero-order chi connectivity index (χ0) is 26.5. The fourth-order valence-corrected chi connectivity index (χ4v) is 4.83. The van der Waals surface area contributed by atoms with Gasteiger partial charge in [-0.05, 0) is 39.9 Å². The molecule has 180 valence electrons. The predicted molar refractivity (Wildman–Crippen MR) is 143 cm³/mol. The third kappa shape index (κ3) is 4.64. The van der Waals surface area contributed by atoms with E-state index in [0.717, 1.165) is 17.7 Å². The zero-order valence-corrected chi connectivity index (χ0v) is 20.6. The summed E-state index contributed by atoms with van der Waals surface area (Å²) in [7, 11) is 19.2. The molecule has 1 N–H and O–H groups in total. The Morgan fingerprint density at radius 2 is 1.95 bits per heavy atom. The lowest BCUT2D eigenvalue weighted by atomic mass is 9.65. The van der Waals surface area contributed by atoms with Crippen molar-refractivity contribution in [2.24, 2.45) is 0 Å². The Bertz CT molecular complexity index is 1410. The molecule has 3 aromatic carbocycles. The van der Waals surface area contributed by atoms with Crippen molar-refractivity contribution in [3.05, 3.63) is 87.0 Å². The average molecular weight is 509 g/mol. The Kier molecular flexibility index (Phi) is 6.35. The van der Waals surface area contributed by atoms with E-state index in [1.807, 2.05) is 29.2 Å². The maximum atomic E-state index is 13.6. The number of methoxy groups -OCH3 is 1. The van der Waals surface area contributed by atoms with Crippen molar-refractivity contribution in [1.29, 1.82) is 0 Å². The number of rotatable bonds is 6. The van der Waals surface area contributed by atoms with Crippen molar-refractivity contribution in [2.45, 2.75) is 23.1 Å². The van der Waals surface area contributed by atoms with E-state index in [4.69, 9.17) is 44.6 Å². The highest BCUT2D eigenvalue weighted by Crippen LogP contribution is 2.41. The van der Waals surface area contributed by atoms with E-state index >= 15 is 0 Å². The molecule has 3 aromatic rings. The van der Waals surface area contributed by atoms with Crippen molar-refractivity contribution in [2.75, 3.05) is 23.9 Å². The van der Waals surface area contributed by atoms with Crippen LogP contribution in [0, 0.1) is 10.1 Å². The summed E-state index contributed by atoms with van der Waals surface area (Å²) in [5, 5.41) is 14.8. The van der Waals surface area contributed by atoms with Gasteiger partial charge in [0.1, 0.15) is 7.85 Å². The van der Waals surface area contributed by atoms with Crippen molar-refractivity contribution < 1.29 is 19.2 Å². The minimum Gasteiger partial charge on any atom is -0.493 e. The number of carbonyl (C=O) groups is 1. The standard InChI is InChI=1S/C25H19B3ClN3O5/c1-36-21-10-18-19(30-12-17-7-13-4-2-3-5-20(13)31(17)24(18)33)11-22(21)37-23(26)14-6-15(25(27,28)29)9-16(8-14)32(34)35/h2-6,8-11,17,23,30H,7,12H2,1H3/t17-,23?/m0/s1. The van der Waals surface area contributed by atoms with Gasteiger partial charge < -0.3 is 19.7 Å². The lowest BCUT2D eigenvalue weighted by molar-refractivity contribution is -0.385. The van der Waals surface area contributed by atoms with Crippen LogP contribution in [0.3, 0.4) is 0 Å². The summed E-state index contributed by atoms with van der Waals surface area (Å²) in [5.74, 6) is 0.351. The highest BCUT2D eigenvalue weighted by atomic mass is 35.5. The number of para-hydroxylation sites is 1. The molecule has 0 bridgehead atoms. The number of alkyl halides is 1. The van der Waals surface area contributed by atoms with E-state index in [-0.39, 0.29) is 40.3 Å². The number of carbonyl (C=O) groups excluding carboxylic acids is 1. The number of benzene rings is 3. The molecule has 1 amide bonds. The molecular weight excluding hydrogens is 490 g/mol. The molecule has 0 aromatic heterocycles. The van der Waals surface area contributed by atoms with Crippen LogP contribution in [0.15, 0.2) is 54.6 Å². The van der Waals surface area contributed by atoms with Crippen LogP contribution in [-0.2, 0) is 11.1 Å². The summed E-state index contributed by atoms with van der Waals surface area (Å²) >= 11 is 5.99. The van der Waals surface area contributed by atoms with Crippen molar-refractivity contribution in [3.63, 3.8) is 0 Å². The van der Waals surface area contributed by atoms with E-state index in [2.05, 4.69) is 5.32 Å². The third-order valence-corrected chi connectivity index (χ3v) is 6.75. The number of hydrogen-bond donors (Lipinski definition) is 1. The van der Waals surface area contributed by atoms with Gasteiger partial charge in [-0.2, -0.15) is 0 Å². The van der Waals surface area contributed by atoms with E-state index in [1.54, 1.807) is 12.1 Å². The second-order valence-electron chi connectivity index (χ2n) is 8.97. The van der Waals surface area contributed by atoms with Gasteiger partial charge in [0.05, 0.1) is 51.0 Å². The van der Waals surface area contributed by atoms with Crippen molar-refractivity contribution in [1.82, 2.24) is 0 Å². The molecule has 0 saturated carbocycles. The molecule has 5 rings (SSSR count). The number of fused-ring (bicyclic) bond motifs is 4. The molecule has 1 unspecified atom stereocenters. The lowest BCUT2D eigenvalue weighted by Gasteiger charge is -2.23. The highest BCUT2D eigenvalue weighted by molar-refractivity contribution is 6.61. The molecular formula is C25H19B3ClN3O5. The SMILES string of the molecule is [B]C(Oc1cc2c(cc1OC)C(=O)N1c3ccccc3C[C@H]1CN2)c1cc([N+](=O)[O-])cc(C([B])([B])Cl)c1. The second-order valence-corrected chi connectivity index (χ2v) is 9.59. The van der Waals surface area contributed by atoms with Gasteiger partial charge in [-0.3, -0.25) is 14.9 Å². The summed E-state index contributed by atoms with van der Waals surface area (Å²) in [5.41, 5.74) is 3.02. The first-order chi connectivity index (χ1) is 17.6. The number of halogens is 1. The Hall–Kier alpha value is -3.59. The molecule has 2 heterocycles. The molecule has 12 heteroatoms. The van der Waals surface area contributed by atoms with Crippen molar-refractivity contribution >= 4 is 58.1 Å². The monoisotopic (exact) mass is 509 g/mol. The summed E-state index contributed by atoms with van der Waals surface area (Å²) in [6.45, 7) is 0.532. The normalized spacial score (nSPS) is 17.1. The number of anilines is 2. The highest BCUT2D eigenvalue weighted by Gasteiger charge is 2.37. The summed E-state index contributed by atoms with van der Waals surface area (Å²) in [4.78, 5) is 26.2. The van der Waals surface area contributed by atoms with Gasteiger partial charge in [-0.25, -0.2) is 0 Å². The van der Waals surface area contributed by atoms with Gasteiger partial charge in [0, 0.05) is 30.4 Å². The number of nitrogens with zero attached hydrogens (tertiary/aromatic N) is 2. The summed E-state index contributed by atoms with van der Waals surface area (Å²) in [6.07, 6.45) is 0.744. The number of nitro benzene ring substituents is 1. The molecule has 2 aliphatic heterocycles. The molecule has 0 aliphatic carbocycles. The molecule has 2 aliphatic rings. The van der Waals surface area contributed by atoms with Crippen LogP contribution in [0.4, 0.5) is 17.1 Å². The van der Waals surface area contributed by atoms with Gasteiger partial charge in [0.2, 0.25) is 0 Å². The van der Waals surface area contributed by atoms with E-state index in [1.165, 1.54) is 25.3 Å². The Labute approximate surface area is 222 Å². The fraction of sp³-hybridized carbons (Fsp3) is 0.240. The van der Waals surface area contributed by atoms with Gasteiger partial charge in [0.15, 0.2) is 11.5 Å².